The van der Waals surface area contributed by atoms with Gasteiger partial charge in [0.2, 0.25) is 0 Å². The zero-order valence-electron chi connectivity index (χ0n) is 15.5. The number of carbonyl (C=O) groups excluding carboxylic acids is 1. The van der Waals surface area contributed by atoms with E-state index in [0.29, 0.717) is 27.7 Å². The van der Waals surface area contributed by atoms with Gasteiger partial charge in [0.25, 0.3) is 5.91 Å². The monoisotopic (exact) mass is 430 g/mol. The first-order chi connectivity index (χ1) is 13.9. The number of hydrogen-bond acceptors (Lipinski definition) is 7. The fourth-order valence-electron chi connectivity index (χ4n) is 3.21. The first-order valence-electron chi connectivity index (χ1n) is 8.85. The average molecular weight is 431 g/mol. The maximum Gasteiger partial charge on any atom is 0.269 e. The molecule has 4 rings (SSSR count). The van der Waals surface area contributed by atoms with Crippen LogP contribution < -0.4 is 9.64 Å². The largest absolute Gasteiger partial charge is 0.481 e. The quantitative estimate of drug-likeness (QED) is 0.668. The summed E-state index contributed by atoms with van der Waals surface area (Å²) in [5, 5.41) is 12.3. The van der Waals surface area contributed by atoms with Gasteiger partial charge in [0.15, 0.2) is 16.4 Å². The summed E-state index contributed by atoms with van der Waals surface area (Å²) in [5.41, 5.74) is 1.56. The molecule has 3 aromatic rings. The Bertz CT molecular complexity index is 1160. The van der Waals surface area contributed by atoms with Crippen molar-refractivity contribution in [3.05, 3.63) is 64.6 Å². The summed E-state index contributed by atoms with van der Waals surface area (Å²) in [7, 11) is -3.61. The summed E-state index contributed by atoms with van der Waals surface area (Å²) in [6, 6.07) is 11.5. The molecule has 0 radical (unpaired) electrons. The summed E-state index contributed by atoms with van der Waals surface area (Å²) in [5.74, 6) is -0.203. The van der Waals surface area contributed by atoms with E-state index in [4.69, 9.17) is 4.74 Å². The lowest BCUT2D eigenvalue weighted by atomic mass is 10.1. The van der Waals surface area contributed by atoms with Gasteiger partial charge >= 0.3 is 0 Å². The van der Waals surface area contributed by atoms with Crippen molar-refractivity contribution >= 4 is 38.5 Å². The van der Waals surface area contributed by atoms with Crippen molar-refractivity contribution in [2.24, 2.45) is 0 Å². The van der Waals surface area contributed by atoms with Crippen molar-refractivity contribution in [1.29, 1.82) is 0 Å². The number of nitrogens with zero attached hydrogens (tertiary/aromatic N) is 2. The molecule has 29 heavy (non-hydrogen) atoms. The lowest BCUT2D eigenvalue weighted by Gasteiger charge is -2.31. The van der Waals surface area contributed by atoms with Crippen LogP contribution in [0.2, 0.25) is 0 Å². The molecule has 1 aliphatic heterocycles. The molecule has 0 saturated carbocycles. The third-order valence-electron chi connectivity index (χ3n) is 4.56. The highest BCUT2D eigenvalue weighted by molar-refractivity contribution is 7.90. The van der Waals surface area contributed by atoms with Crippen molar-refractivity contribution in [3.63, 3.8) is 0 Å². The van der Waals surface area contributed by atoms with Crippen molar-refractivity contribution in [3.8, 4) is 5.75 Å². The fraction of sp³-hybridized carbons (Fsp3) is 0.200. The van der Waals surface area contributed by atoms with E-state index in [9.17, 15) is 18.3 Å². The molecule has 2 aromatic carbocycles. The second-order valence-electron chi connectivity index (χ2n) is 6.57. The topological polar surface area (TPSA) is 96.8 Å². The number of aromatic nitrogens is 1. The van der Waals surface area contributed by atoms with E-state index in [0.717, 1.165) is 0 Å². The van der Waals surface area contributed by atoms with Gasteiger partial charge in [-0.05, 0) is 25.1 Å². The third-order valence-corrected chi connectivity index (χ3v) is 7.14. The van der Waals surface area contributed by atoms with Gasteiger partial charge in [0.1, 0.15) is 16.5 Å². The number of hydrogen-bond donors (Lipinski definition) is 1. The predicted octanol–water partition coefficient (Wildman–Crippen LogP) is 3.23. The average Bonchev–Trinajstić information content (AvgIpc) is 3.20. The molecule has 9 heteroatoms. The van der Waals surface area contributed by atoms with Crippen LogP contribution in [0.3, 0.4) is 0 Å². The number of carbonyl (C=O) groups is 1. The molecule has 0 bridgehead atoms. The van der Waals surface area contributed by atoms with Crippen LogP contribution in [0.4, 0.5) is 11.4 Å². The van der Waals surface area contributed by atoms with Gasteiger partial charge < -0.3 is 9.84 Å². The maximum absolute atomic E-state index is 12.7. The SMILES string of the molecule is CC(O)c1ccccc1N1C(=O)COc2cc(S(=O)(=O)Cc3nccs3)ccc21. The molecule has 7 nitrogen and oxygen atoms in total. The normalized spacial score (nSPS) is 15.0. The van der Waals surface area contributed by atoms with E-state index in [-0.39, 0.29) is 23.2 Å². The molecule has 0 spiro atoms. The molecule has 150 valence electrons. The zero-order valence-corrected chi connectivity index (χ0v) is 17.1. The number of anilines is 2. The molecular weight excluding hydrogens is 412 g/mol. The maximum atomic E-state index is 12.7. The fourth-order valence-corrected chi connectivity index (χ4v) is 5.47. The minimum atomic E-state index is -3.61. The summed E-state index contributed by atoms with van der Waals surface area (Å²) < 4.78 is 31.0. The van der Waals surface area contributed by atoms with Gasteiger partial charge in [-0.3, -0.25) is 9.69 Å². The van der Waals surface area contributed by atoms with E-state index in [1.165, 1.54) is 28.4 Å². The number of fused-ring (bicyclic) bond motifs is 1. The number of benzene rings is 2. The smallest absolute Gasteiger partial charge is 0.269 e. The Labute approximate surface area is 172 Å². The van der Waals surface area contributed by atoms with Gasteiger partial charge in [-0.1, -0.05) is 18.2 Å². The number of thiazole rings is 1. The van der Waals surface area contributed by atoms with E-state index in [1.807, 2.05) is 0 Å². The van der Waals surface area contributed by atoms with E-state index in [1.54, 1.807) is 48.8 Å². The summed E-state index contributed by atoms with van der Waals surface area (Å²) in [6.45, 7) is 1.40. The van der Waals surface area contributed by atoms with Crippen molar-refractivity contribution in [2.75, 3.05) is 11.5 Å². The third kappa shape index (κ3) is 3.76. The molecule has 0 saturated heterocycles. The van der Waals surface area contributed by atoms with Crippen LogP contribution in [-0.4, -0.2) is 31.0 Å². The van der Waals surface area contributed by atoms with Crippen molar-refractivity contribution in [2.45, 2.75) is 23.7 Å². The second-order valence-corrected chi connectivity index (χ2v) is 9.54. The molecule has 2 heterocycles. The molecule has 1 aromatic heterocycles. The Morgan fingerprint density at radius 2 is 2.03 bits per heavy atom. The molecule has 0 aliphatic carbocycles. The number of aliphatic hydroxyl groups excluding tert-OH is 1. The lowest BCUT2D eigenvalue weighted by molar-refractivity contribution is -0.120. The Morgan fingerprint density at radius 3 is 2.76 bits per heavy atom. The second kappa shape index (κ2) is 7.58. The lowest BCUT2D eigenvalue weighted by Crippen LogP contribution is -2.35. The Morgan fingerprint density at radius 1 is 1.24 bits per heavy atom. The molecule has 1 atom stereocenters. The van der Waals surface area contributed by atoms with Crippen molar-refractivity contribution in [1.82, 2.24) is 4.98 Å². The summed E-state index contributed by atoms with van der Waals surface area (Å²) in [6.07, 6.45) is 0.789. The van der Waals surface area contributed by atoms with Gasteiger partial charge in [-0.15, -0.1) is 11.3 Å². The van der Waals surface area contributed by atoms with E-state index < -0.39 is 15.9 Å². The number of ether oxygens (including phenoxy) is 1. The summed E-state index contributed by atoms with van der Waals surface area (Å²) >= 11 is 1.28. The molecule has 1 N–H and O–H groups in total. The van der Waals surface area contributed by atoms with Crippen molar-refractivity contribution < 1.29 is 23.1 Å². The highest BCUT2D eigenvalue weighted by Crippen LogP contribution is 2.41. The molecule has 1 aliphatic rings. The first kappa shape index (κ1) is 19.6. The highest BCUT2D eigenvalue weighted by Gasteiger charge is 2.30. The van der Waals surface area contributed by atoms with Crippen LogP contribution in [0.5, 0.6) is 5.75 Å². The van der Waals surface area contributed by atoms with Gasteiger partial charge in [0.05, 0.1) is 22.4 Å². The van der Waals surface area contributed by atoms with Crippen LogP contribution in [0.25, 0.3) is 0 Å². The van der Waals surface area contributed by atoms with E-state index in [2.05, 4.69) is 4.98 Å². The minimum absolute atomic E-state index is 0.101. The number of amides is 1. The number of rotatable bonds is 5. The predicted molar refractivity (Wildman–Crippen MR) is 109 cm³/mol. The van der Waals surface area contributed by atoms with E-state index >= 15 is 0 Å². The standard InChI is InChI=1S/C20H18N2O5S2/c1-13(23)15-4-2-3-5-16(15)22-17-7-6-14(10-18(17)27-11-20(22)24)29(25,26)12-19-21-8-9-28-19/h2-10,13,23H,11-12H2,1H3. The Balaban J connectivity index is 1.75. The Kier molecular flexibility index (Phi) is 5.12. The van der Waals surface area contributed by atoms with Crippen LogP contribution in [0, 0.1) is 0 Å². The van der Waals surface area contributed by atoms with Crippen LogP contribution >= 0.6 is 11.3 Å². The number of sulfone groups is 1. The summed E-state index contributed by atoms with van der Waals surface area (Å²) in [4.78, 5) is 18.2. The van der Waals surface area contributed by atoms with Gasteiger partial charge in [0, 0.05) is 23.2 Å². The molecule has 1 unspecified atom stereocenters. The highest BCUT2D eigenvalue weighted by atomic mass is 32.2. The van der Waals surface area contributed by atoms with Gasteiger partial charge in [-0.2, -0.15) is 0 Å². The number of aliphatic hydroxyl groups is 1. The van der Waals surface area contributed by atoms with Crippen LogP contribution in [0.1, 0.15) is 23.6 Å². The first-order valence-corrected chi connectivity index (χ1v) is 11.4. The van der Waals surface area contributed by atoms with Gasteiger partial charge in [-0.25, -0.2) is 13.4 Å². The van der Waals surface area contributed by atoms with Crippen LogP contribution in [0.15, 0.2) is 58.9 Å². The Hall–Kier alpha value is -2.75. The van der Waals surface area contributed by atoms with Crippen LogP contribution in [-0.2, 0) is 20.4 Å². The minimum Gasteiger partial charge on any atom is -0.481 e. The molecule has 0 fully saturated rings. The number of para-hydroxylation sites is 1. The molecule has 1 amide bonds. The molecular formula is C20H18N2O5S2. The zero-order chi connectivity index (χ0) is 20.6.